The molecule has 26 heavy (non-hydrogen) atoms. The average molecular weight is 405 g/mol. The summed E-state index contributed by atoms with van der Waals surface area (Å²) in [6, 6.07) is -0.0610. The number of rotatable bonds is 6. The largest absolute Gasteiger partial charge is 0.373 e. The van der Waals surface area contributed by atoms with Crippen LogP contribution in [0.5, 0.6) is 0 Å². The zero-order valence-electron chi connectivity index (χ0n) is 13.3. The fourth-order valence-electron chi connectivity index (χ4n) is 2.42. The first-order chi connectivity index (χ1) is 11.7. The van der Waals surface area contributed by atoms with Crippen LogP contribution < -0.4 is 16.1 Å². The molecule has 0 aliphatic carbocycles. The standard InChI is InChI=1S/C13H16F5N3O4S/c1-25-13(6-19-7-13)10(12(23)21-24)20-11(22)8-2-4-9(5-3-8)26(14,15,16,17)18/h2-5,10,19,24H,6-7H2,1H3,(H,20,22)(H,21,23). The summed E-state index contributed by atoms with van der Waals surface area (Å²) in [6.07, 6.45) is 0. The molecule has 0 aromatic heterocycles. The molecular formula is C13H16F5N3O4S. The van der Waals surface area contributed by atoms with Gasteiger partial charge in [-0.1, -0.05) is 19.4 Å². The molecule has 1 unspecified atom stereocenters. The van der Waals surface area contributed by atoms with E-state index in [0.29, 0.717) is 12.1 Å². The van der Waals surface area contributed by atoms with Crippen molar-refractivity contribution in [3.63, 3.8) is 0 Å². The van der Waals surface area contributed by atoms with Gasteiger partial charge in [0.2, 0.25) is 0 Å². The minimum atomic E-state index is -9.84. The van der Waals surface area contributed by atoms with Crippen LogP contribution in [0.4, 0.5) is 19.4 Å². The van der Waals surface area contributed by atoms with Crippen molar-refractivity contribution < 1.29 is 39.0 Å². The summed E-state index contributed by atoms with van der Waals surface area (Å²) in [6.45, 7) is 0.316. The zero-order chi connectivity index (χ0) is 19.9. The molecule has 4 N–H and O–H groups in total. The van der Waals surface area contributed by atoms with Crippen LogP contribution in [0.1, 0.15) is 10.4 Å². The summed E-state index contributed by atoms with van der Waals surface area (Å²) in [4.78, 5) is 21.9. The molecule has 13 heteroatoms. The predicted octanol–water partition coefficient (Wildman–Crippen LogP) is 1.94. The van der Waals surface area contributed by atoms with Gasteiger partial charge in [0.25, 0.3) is 11.8 Å². The molecule has 0 radical (unpaired) electrons. The van der Waals surface area contributed by atoms with E-state index in [-0.39, 0.29) is 30.8 Å². The molecule has 7 nitrogen and oxygen atoms in total. The summed E-state index contributed by atoms with van der Waals surface area (Å²) in [5.74, 6) is -2.01. The normalized spacial score (nSPS) is 20.1. The second kappa shape index (κ2) is 5.77. The first-order valence-corrected chi connectivity index (χ1v) is 9.02. The van der Waals surface area contributed by atoms with E-state index in [2.05, 4.69) is 10.6 Å². The lowest BCUT2D eigenvalue weighted by molar-refractivity contribution is -0.145. The second-order valence-corrected chi connectivity index (χ2v) is 8.16. The molecule has 1 aliphatic rings. The highest BCUT2D eigenvalue weighted by Crippen LogP contribution is 3.02. The minimum Gasteiger partial charge on any atom is -0.373 e. The Hall–Kier alpha value is -1.96. The molecule has 1 aromatic rings. The van der Waals surface area contributed by atoms with Crippen LogP contribution in [-0.2, 0) is 9.53 Å². The van der Waals surface area contributed by atoms with Crippen LogP contribution >= 0.6 is 10.2 Å². The summed E-state index contributed by atoms with van der Waals surface area (Å²) >= 11 is 0. The van der Waals surface area contributed by atoms with Gasteiger partial charge in [-0.3, -0.25) is 14.8 Å². The maximum atomic E-state index is 12.7. The Kier molecular flexibility index (Phi) is 4.52. The van der Waals surface area contributed by atoms with E-state index in [4.69, 9.17) is 9.94 Å². The van der Waals surface area contributed by atoms with Crippen LogP contribution in [0.15, 0.2) is 29.2 Å². The third-order valence-corrected chi connectivity index (χ3v) is 5.15. The minimum absolute atomic E-state index is 0.0918. The Morgan fingerprint density at radius 1 is 1.19 bits per heavy atom. The van der Waals surface area contributed by atoms with E-state index in [1.54, 1.807) is 0 Å². The maximum Gasteiger partial charge on any atom is 0.310 e. The summed E-state index contributed by atoms with van der Waals surface area (Å²) in [5.41, 5.74) is -0.194. The van der Waals surface area contributed by atoms with Crippen LogP contribution in [0.2, 0.25) is 0 Å². The van der Waals surface area contributed by atoms with E-state index in [1.807, 2.05) is 0 Å². The van der Waals surface area contributed by atoms with Crippen LogP contribution in [0, 0.1) is 0 Å². The molecule has 2 amide bonds. The number of carbonyl (C=O) groups is 2. The van der Waals surface area contributed by atoms with E-state index in [0.717, 1.165) is 0 Å². The number of amides is 2. The molecule has 2 rings (SSSR count). The third-order valence-electron chi connectivity index (χ3n) is 3.99. The van der Waals surface area contributed by atoms with Gasteiger partial charge in [0.05, 0.1) is 0 Å². The van der Waals surface area contributed by atoms with Crippen molar-refractivity contribution in [1.82, 2.24) is 16.1 Å². The predicted molar refractivity (Wildman–Crippen MR) is 81.6 cm³/mol. The van der Waals surface area contributed by atoms with Crippen LogP contribution in [-0.4, -0.2) is 48.9 Å². The SMILES string of the molecule is COC1(C(NC(=O)c2ccc(S(F)(F)(F)(F)F)cc2)C(=O)NO)CNC1. The summed E-state index contributed by atoms with van der Waals surface area (Å²) in [5, 5.41) is 13.9. The third kappa shape index (κ3) is 4.06. The number of hydrogen-bond donors (Lipinski definition) is 4. The fourth-order valence-corrected chi connectivity index (χ4v) is 3.07. The van der Waals surface area contributed by atoms with E-state index >= 15 is 0 Å². The summed E-state index contributed by atoms with van der Waals surface area (Å²) < 4.78 is 68.7. The summed E-state index contributed by atoms with van der Waals surface area (Å²) in [7, 11) is -8.57. The number of ether oxygens (including phenoxy) is 1. The van der Waals surface area contributed by atoms with Gasteiger partial charge in [0.1, 0.15) is 16.5 Å². The van der Waals surface area contributed by atoms with Crippen molar-refractivity contribution in [2.75, 3.05) is 20.2 Å². The molecule has 0 saturated carbocycles. The Morgan fingerprint density at radius 2 is 1.73 bits per heavy atom. The molecule has 1 aliphatic heterocycles. The van der Waals surface area contributed by atoms with Crippen molar-refractivity contribution in [2.24, 2.45) is 0 Å². The van der Waals surface area contributed by atoms with Crippen molar-refractivity contribution in [3.05, 3.63) is 29.8 Å². The van der Waals surface area contributed by atoms with Gasteiger partial charge in [-0.25, -0.2) is 5.48 Å². The zero-order valence-corrected chi connectivity index (χ0v) is 14.1. The van der Waals surface area contributed by atoms with Crippen molar-refractivity contribution in [2.45, 2.75) is 16.5 Å². The quantitative estimate of drug-likeness (QED) is 0.329. The van der Waals surface area contributed by atoms with Gasteiger partial charge in [0, 0.05) is 25.8 Å². The smallest absolute Gasteiger partial charge is 0.310 e. The van der Waals surface area contributed by atoms with Crippen molar-refractivity contribution >= 4 is 22.0 Å². The lowest BCUT2D eigenvalue weighted by Crippen LogP contribution is -2.74. The van der Waals surface area contributed by atoms with Crippen LogP contribution in [0.3, 0.4) is 0 Å². The topological polar surface area (TPSA) is 99.7 Å². The maximum absolute atomic E-state index is 12.7. The highest BCUT2D eigenvalue weighted by Gasteiger charge is 2.65. The molecule has 1 saturated heterocycles. The monoisotopic (exact) mass is 405 g/mol. The second-order valence-electron chi connectivity index (χ2n) is 5.75. The Bertz CT molecular complexity index is 716. The van der Waals surface area contributed by atoms with Gasteiger partial charge in [-0.2, -0.15) is 0 Å². The molecule has 1 atom stereocenters. The lowest BCUT2D eigenvalue weighted by atomic mass is 9.87. The van der Waals surface area contributed by atoms with Crippen LogP contribution in [0.25, 0.3) is 0 Å². The molecule has 148 valence electrons. The highest BCUT2D eigenvalue weighted by atomic mass is 32.5. The highest BCUT2D eigenvalue weighted by molar-refractivity contribution is 8.45. The number of nitrogens with one attached hydrogen (secondary N) is 3. The first kappa shape index (κ1) is 20.4. The van der Waals surface area contributed by atoms with Crippen molar-refractivity contribution in [3.8, 4) is 0 Å². The van der Waals surface area contributed by atoms with Gasteiger partial charge < -0.3 is 15.4 Å². The van der Waals surface area contributed by atoms with Gasteiger partial charge >= 0.3 is 10.2 Å². The number of hydroxylamine groups is 1. The number of methoxy groups -OCH3 is 1. The van der Waals surface area contributed by atoms with Gasteiger partial charge in [0.15, 0.2) is 0 Å². The number of carbonyl (C=O) groups excluding carboxylic acids is 2. The number of halogens is 5. The average Bonchev–Trinajstić information content (AvgIpc) is 2.50. The first-order valence-electron chi connectivity index (χ1n) is 7.07. The molecule has 0 spiro atoms. The van der Waals surface area contributed by atoms with Gasteiger partial charge in [-0.05, 0) is 24.3 Å². The van der Waals surface area contributed by atoms with Crippen molar-refractivity contribution in [1.29, 1.82) is 0 Å². The molecular weight excluding hydrogens is 389 g/mol. The van der Waals surface area contributed by atoms with Gasteiger partial charge in [-0.15, -0.1) is 0 Å². The fraction of sp³-hybridized carbons (Fsp3) is 0.385. The Morgan fingerprint density at radius 3 is 2.08 bits per heavy atom. The molecule has 1 heterocycles. The Balaban J connectivity index is 2.24. The van der Waals surface area contributed by atoms with E-state index in [9.17, 15) is 29.0 Å². The van der Waals surface area contributed by atoms with E-state index in [1.165, 1.54) is 12.6 Å². The van der Waals surface area contributed by atoms with E-state index < -0.39 is 38.6 Å². The molecule has 1 aromatic carbocycles. The molecule has 0 bridgehead atoms. The Labute approximate surface area is 144 Å². The lowest BCUT2D eigenvalue weighted by Gasteiger charge is -2.45. The number of benzene rings is 1. The molecule has 1 fully saturated rings. The number of hydrogen-bond acceptors (Lipinski definition) is 5.